The first-order valence-corrected chi connectivity index (χ1v) is 8.17. The lowest BCUT2D eigenvalue weighted by Crippen LogP contribution is -2.39. The summed E-state index contributed by atoms with van der Waals surface area (Å²) >= 11 is 0. The van der Waals surface area contributed by atoms with Crippen molar-refractivity contribution < 1.29 is 13.2 Å². The van der Waals surface area contributed by atoms with Gasteiger partial charge in [0.15, 0.2) is 0 Å². The van der Waals surface area contributed by atoms with Gasteiger partial charge in [-0.1, -0.05) is 19.9 Å². The van der Waals surface area contributed by atoms with Gasteiger partial charge in [-0.2, -0.15) is 4.31 Å². The summed E-state index contributed by atoms with van der Waals surface area (Å²) < 4.78 is 25.7. The van der Waals surface area contributed by atoms with Crippen LogP contribution in [0, 0.1) is 12.8 Å². The number of hydrogen-bond donors (Lipinski definition) is 2. The van der Waals surface area contributed by atoms with Crippen molar-refractivity contribution in [2.75, 3.05) is 25.9 Å². The number of hydrogen-bond acceptors (Lipinski definition) is 4. The molecule has 21 heavy (non-hydrogen) atoms. The topological polar surface area (TPSA) is 92.5 Å². The van der Waals surface area contributed by atoms with Crippen LogP contribution in [0.25, 0.3) is 0 Å². The second kappa shape index (κ2) is 6.91. The quantitative estimate of drug-likeness (QED) is 0.765. The highest BCUT2D eigenvalue weighted by Gasteiger charge is 2.23. The van der Waals surface area contributed by atoms with E-state index >= 15 is 0 Å². The maximum atomic E-state index is 12.4. The van der Waals surface area contributed by atoms with E-state index in [9.17, 15) is 13.2 Å². The predicted octanol–water partition coefficient (Wildman–Crippen LogP) is 0.970. The molecular formula is C14H23N3O3S. The Bertz CT molecular complexity index is 612. The Balaban J connectivity index is 2.82. The van der Waals surface area contributed by atoms with Crippen LogP contribution >= 0.6 is 0 Å². The van der Waals surface area contributed by atoms with Gasteiger partial charge in [-0.3, -0.25) is 4.79 Å². The van der Waals surface area contributed by atoms with Crippen molar-refractivity contribution in [1.29, 1.82) is 0 Å². The highest BCUT2D eigenvalue weighted by molar-refractivity contribution is 7.89. The number of nitrogens with zero attached hydrogens (tertiary/aromatic N) is 1. The van der Waals surface area contributed by atoms with E-state index < -0.39 is 10.0 Å². The molecule has 0 aliphatic heterocycles. The zero-order valence-electron chi connectivity index (χ0n) is 12.9. The Kier molecular flexibility index (Phi) is 5.74. The highest BCUT2D eigenvalue weighted by atomic mass is 32.2. The van der Waals surface area contributed by atoms with E-state index in [0.717, 1.165) is 9.87 Å². The molecule has 0 aliphatic rings. The number of amides is 1. The highest BCUT2D eigenvalue weighted by Crippen LogP contribution is 2.19. The molecule has 0 atom stereocenters. The number of rotatable bonds is 6. The van der Waals surface area contributed by atoms with E-state index in [1.54, 1.807) is 13.0 Å². The molecule has 0 saturated heterocycles. The van der Waals surface area contributed by atoms with Crippen molar-refractivity contribution in [2.45, 2.75) is 25.7 Å². The molecule has 0 unspecified atom stereocenters. The average molecular weight is 313 g/mol. The van der Waals surface area contributed by atoms with Crippen LogP contribution in [-0.4, -0.2) is 38.8 Å². The zero-order chi connectivity index (χ0) is 16.2. The molecule has 0 spiro atoms. The van der Waals surface area contributed by atoms with Gasteiger partial charge in [0, 0.05) is 19.3 Å². The summed E-state index contributed by atoms with van der Waals surface area (Å²) in [6, 6.07) is 4.55. The number of nitrogens with two attached hydrogens (primary N) is 1. The van der Waals surface area contributed by atoms with Crippen LogP contribution in [0.5, 0.6) is 0 Å². The van der Waals surface area contributed by atoms with Gasteiger partial charge in [0.2, 0.25) is 15.9 Å². The number of nitrogen functional groups attached to an aromatic ring is 1. The number of likely N-dealkylation sites (N-methyl/N-ethyl adjacent to an activating group) is 1. The van der Waals surface area contributed by atoms with Crippen molar-refractivity contribution in [3.8, 4) is 0 Å². The molecule has 1 aromatic carbocycles. The molecule has 1 rings (SSSR count). The Labute approximate surface area is 126 Å². The van der Waals surface area contributed by atoms with Crippen LogP contribution in [0.15, 0.2) is 23.1 Å². The molecule has 118 valence electrons. The number of sulfonamides is 1. The lowest BCUT2D eigenvalue weighted by Gasteiger charge is -2.18. The van der Waals surface area contributed by atoms with Crippen LogP contribution < -0.4 is 11.1 Å². The van der Waals surface area contributed by atoms with Gasteiger partial charge < -0.3 is 11.1 Å². The number of nitrogens with one attached hydrogen (secondary N) is 1. The van der Waals surface area contributed by atoms with Crippen LogP contribution in [0.2, 0.25) is 0 Å². The van der Waals surface area contributed by atoms with Gasteiger partial charge in [0.25, 0.3) is 0 Å². The smallest absolute Gasteiger partial charge is 0.243 e. The largest absolute Gasteiger partial charge is 0.398 e. The van der Waals surface area contributed by atoms with E-state index in [2.05, 4.69) is 5.32 Å². The van der Waals surface area contributed by atoms with Crippen molar-refractivity contribution in [1.82, 2.24) is 9.62 Å². The Hall–Kier alpha value is -1.60. The predicted molar refractivity (Wildman–Crippen MR) is 83.3 cm³/mol. The summed E-state index contributed by atoms with van der Waals surface area (Å²) in [4.78, 5) is 11.8. The third-order valence-electron chi connectivity index (χ3n) is 3.03. The van der Waals surface area contributed by atoms with Gasteiger partial charge in [0.1, 0.15) is 0 Å². The van der Waals surface area contributed by atoms with Gasteiger partial charge >= 0.3 is 0 Å². The molecule has 7 heteroatoms. The van der Waals surface area contributed by atoms with Crippen LogP contribution in [0.1, 0.15) is 19.4 Å². The first-order chi connectivity index (χ1) is 9.64. The molecule has 1 amide bonds. The maximum absolute atomic E-state index is 12.4. The zero-order valence-corrected chi connectivity index (χ0v) is 13.7. The number of aryl methyl sites for hydroxylation is 1. The fraction of sp³-hybridized carbons (Fsp3) is 0.500. The van der Waals surface area contributed by atoms with E-state index in [4.69, 9.17) is 5.73 Å². The monoisotopic (exact) mass is 313 g/mol. The Morgan fingerprint density at radius 3 is 2.52 bits per heavy atom. The molecule has 1 aromatic rings. The summed E-state index contributed by atoms with van der Waals surface area (Å²) in [5.74, 6) is -0.0115. The van der Waals surface area contributed by atoms with Gasteiger partial charge in [-0.05, 0) is 30.5 Å². The number of anilines is 1. The second-order valence-corrected chi connectivity index (χ2v) is 7.52. The van der Waals surface area contributed by atoms with Gasteiger partial charge in [-0.15, -0.1) is 0 Å². The fourth-order valence-corrected chi connectivity index (χ4v) is 2.78. The number of carbonyl (C=O) groups excluding carboxylic acids is 1. The SMILES string of the molecule is Cc1ccc(S(=O)(=O)N(C)CC(=O)NCC(C)C)cc1N. The maximum Gasteiger partial charge on any atom is 0.243 e. The molecule has 0 bridgehead atoms. The van der Waals surface area contributed by atoms with E-state index in [0.29, 0.717) is 18.2 Å². The Morgan fingerprint density at radius 1 is 1.38 bits per heavy atom. The Morgan fingerprint density at radius 2 is 2.00 bits per heavy atom. The van der Waals surface area contributed by atoms with Gasteiger partial charge in [0.05, 0.1) is 11.4 Å². The summed E-state index contributed by atoms with van der Waals surface area (Å²) in [5, 5.41) is 2.69. The average Bonchev–Trinajstić information content (AvgIpc) is 2.39. The summed E-state index contributed by atoms with van der Waals surface area (Å²) in [5.41, 5.74) is 6.96. The summed E-state index contributed by atoms with van der Waals surface area (Å²) in [6.45, 7) is 6.04. The number of carbonyl (C=O) groups is 1. The third-order valence-corrected chi connectivity index (χ3v) is 4.83. The van der Waals surface area contributed by atoms with E-state index in [1.165, 1.54) is 19.2 Å². The summed E-state index contributed by atoms with van der Waals surface area (Å²) in [6.07, 6.45) is 0. The first-order valence-electron chi connectivity index (χ1n) is 6.73. The molecule has 3 N–H and O–H groups in total. The van der Waals surface area contributed by atoms with Crippen LogP contribution in [0.3, 0.4) is 0 Å². The third kappa shape index (κ3) is 4.71. The molecule has 0 saturated carbocycles. The normalized spacial score (nSPS) is 11.9. The molecule has 0 heterocycles. The standard InChI is InChI=1S/C14H23N3O3S/c1-10(2)8-16-14(18)9-17(4)21(19,20)12-6-5-11(3)13(15)7-12/h5-7,10H,8-9,15H2,1-4H3,(H,16,18). The van der Waals surface area contributed by atoms with E-state index in [-0.39, 0.29) is 17.3 Å². The van der Waals surface area contributed by atoms with Crippen molar-refractivity contribution >= 4 is 21.6 Å². The fourth-order valence-electron chi connectivity index (χ4n) is 1.62. The molecule has 0 radical (unpaired) electrons. The van der Waals surface area contributed by atoms with E-state index in [1.807, 2.05) is 13.8 Å². The second-order valence-electron chi connectivity index (χ2n) is 5.48. The molecule has 0 fully saturated rings. The lowest BCUT2D eigenvalue weighted by atomic mass is 10.2. The van der Waals surface area contributed by atoms with Crippen molar-refractivity contribution in [3.05, 3.63) is 23.8 Å². The first kappa shape index (κ1) is 17.5. The van der Waals surface area contributed by atoms with Crippen LogP contribution in [0.4, 0.5) is 5.69 Å². The van der Waals surface area contributed by atoms with Gasteiger partial charge in [-0.25, -0.2) is 8.42 Å². The van der Waals surface area contributed by atoms with Crippen molar-refractivity contribution in [2.24, 2.45) is 5.92 Å². The van der Waals surface area contributed by atoms with Crippen molar-refractivity contribution in [3.63, 3.8) is 0 Å². The molecule has 0 aliphatic carbocycles. The van der Waals surface area contributed by atoms with Crippen LogP contribution in [-0.2, 0) is 14.8 Å². The minimum atomic E-state index is -3.72. The molecule has 6 nitrogen and oxygen atoms in total. The summed E-state index contributed by atoms with van der Waals surface area (Å²) in [7, 11) is -2.34. The minimum Gasteiger partial charge on any atom is -0.398 e. The molecular weight excluding hydrogens is 290 g/mol. The minimum absolute atomic E-state index is 0.0877. The number of benzene rings is 1. The molecule has 0 aromatic heterocycles. The lowest BCUT2D eigenvalue weighted by molar-refractivity contribution is -0.121.